The van der Waals surface area contributed by atoms with E-state index in [2.05, 4.69) is 10.2 Å². The number of nitrogens with two attached hydrogens (primary N) is 1. The van der Waals surface area contributed by atoms with E-state index in [9.17, 15) is 0 Å². The molecule has 0 fully saturated rings. The van der Waals surface area contributed by atoms with Crippen molar-refractivity contribution in [2.75, 3.05) is 5.01 Å². The lowest BCUT2D eigenvalue weighted by Crippen LogP contribution is -2.27. The van der Waals surface area contributed by atoms with Gasteiger partial charge in [0.25, 0.3) is 0 Å². The molecule has 4 nitrogen and oxygen atoms in total. The third-order valence-corrected chi connectivity index (χ3v) is 2.53. The van der Waals surface area contributed by atoms with Crippen molar-refractivity contribution in [2.24, 2.45) is 16.1 Å². The molecule has 0 aliphatic carbocycles. The second kappa shape index (κ2) is 6.00. The molecule has 0 unspecified atom stereocenters. The van der Waals surface area contributed by atoms with Crippen molar-refractivity contribution in [1.82, 2.24) is 0 Å². The molecule has 0 spiro atoms. The van der Waals surface area contributed by atoms with Crippen molar-refractivity contribution in [2.45, 2.75) is 0 Å². The van der Waals surface area contributed by atoms with Crippen molar-refractivity contribution in [3.63, 3.8) is 0 Å². The summed E-state index contributed by atoms with van der Waals surface area (Å²) in [6.45, 7) is 0. The summed E-state index contributed by atoms with van der Waals surface area (Å²) in [4.78, 5) is 0. The molecule has 0 aliphatic rings. The molecule has 90 valence electrons. The fourth-order valence-corrected chi connectivity index (χ4v) is 1.48. The molecule has 2 N–H and O–H groups in total. The molecule has 2 aromatic rings. The molecule has 2 rings (SSSR count). The van der Waals surface area contributed by atoms with Gasteiger partial charge < -0.3 is 0 Å². The molecule has 2 aromatic carbocycles. The summed E-state index contributed by atoms with van der Waals surface area (Å²) in [5.41, 5.74) is 3.77. The summed E-state index contributed by atoms with van der Waals surface area (Å²) in [6, 6.07) is 16.9. The summed E-state index contributed by atoms with van der Waals surface area (Å²) < 4.78 is 0. The van der Waals surface area contributed by atoms with Gasteiger partial charge >= 0.3 is 0 Å². The van der Waals surface area contributed by atoms with Crippen LogP contribution in [-0.4, -0.2) is 5.49 Å². The third kappa shape index (κ3) is 3.19. The Bertz CT molecular complexity index is 537. The predicted octanol–water partition coefficient (Wildman–Crippen LogP) is 3.74. The molecule has 0 atom stereocenters. The summed E-state index contributed by atoms with van der Waals surface area (Å²) in [6.07, 6.45) is 0. The molecule has 0 aliphatic heterocycles. The number of hydrogen-bond donors (Lipinski definition) is 1. The smallest absolute Gasteiger partial charge is 0.0858 e. The minimum absolute atomic E-state index is 0.764. The van der Waals surface area contributed by atoms with Crippen molar-refractivity contribution < 1.29 is 0 Å². The number of hydrazine groups is 1. The molecule has 18 heavy (non-hydrogen) atoms. The van der Waals surface area contributed by atoms with Crippen LogP contribution in [0.2, 0.25) is 0 Å². The van der Waals surface area contributed by atoms with E-state index < -0.39 is 0 Å². The van der Waals surface area contributed by atoms with Crippen LogP contribution in [0.3, 0.4) is 0 Å². The second-order valence-electron chi connectivity index (χ2n) is 3.56. The fraction of sp³-hybridized carbons (Fsp3) is 0. The quantitative estimate of drug-likeness (QED) is 0.392. The summed E-state index contributed by atoms with van der Waals surface area (Å²) >= 11 is 4.74. The van der Waals surface area contributed by atoms with Gasteiger partial charge in [-0.3, -0.25) is 5.01 Å². The molecule has 0 heterocycles. The van der Waals surface area contributed by atoms with Crippen molar-refractivity contribution in [3.8, 4) is 0 Å². The number of benzene rings is 2. The van der Waals surface area contributed by atoms with E-state index >= 15 is 0 Å². The molecule has 0 amide bonds. The number of rotatable bonds is 4. The maximum absolute atomic E-state index is 5.63. The van der Waals surface area contributed by atoms with Crippen LogP contribution in [0, 0.1) is 0 Å². The Labute approximate surface area is 111 Å². The lowest BCUT2D eigenvalue weighted by Gasteiger charge is -2.10. The van der Waals surface area contributed by atoms with Crippen molar-refractivity contribution >= 4 is 34.8 Å². The normalized spacial score (nSPS) is 10.5. The molecule has 0 bridgehead atoms. The molecule has 0 saturated carbocycles. The van der Waals surface area contributed by atoms with E-state index in [4.69, 9.17) is 18.1 Å². The molecular weight excluding hydrogens is 244 g/mol. The first-order chi connectivity index (χ1) is 8.79. The van der Waals surface area contributed by atoms with Gasteiger partial charge in [-0.25, -0.2) is 5.84 Å². The van der Waals surface area contributed by atoms with Crippen LogP contribution < -0.4 is 10.9 Å². The van der Waals surface area contributed by atoms with E-state index in [0.29, 0.717) is 0 Å². The van der Waals surface area contributed by atoms with E-state index in [1.165, 1.54) is 10.5 Å². The lowest BCUT2D eigenvalue weighted by molar-refractivity contribution is 1.16. The third-order valence-electron chi connectivity index (χ3n) is 2.30. The van der Waals surface area contributed by atoms with Gasteiger partial charge in [0.15, 0.2) is 0 Å². The van der Waals surface area contributed by atoms with E-state index in [1.54, 1.807) is 0 Å². The average molecular weight is 256 g/mol. The number of anilines is 1. The van der Waals surface area contributed by atoms with Crippen LogP contribution in [0.15, 0.2) is 64.8 Å². The molecular formula is C13H12N4S. The zero-order valence-corrected chi connectivity index (χ0v) is 10.4. The van der Waals surface area contributed by atoms with Crippen LogP contribution in [-0.2, 0) is 0 Å². The zero-order chi connectivity index (χ0) is 12.8. The Morgan fingerprint density at radius 3 is 2.00 bits per heavy atom. The summed E-state index contributed by atoms with van der Waals surface area (Å²) in [5, 5.41) is 9.62. The Morgan fingerprint density at radius 2 is 1.44 bits per heavy atom. The summed E-state index contributed by atoms with van der Waals surface area (Å²) in [5.74, 6) is 5.63. The van der Waals surface area contributed by atoms with Crippen molar-refractivity contribution in [3.05, 3.63) is 54.6 Å². The number of nitrogens with zero attached hydrogens (tertiary/aromatic N) is 3. The molecule has 0 radical (unpaired) electrons. The Morgan fingerprint density at radius 1 is 0.889 bits per heavy atom. The van der Waals surface area contributed by atoms with Crippen LogP contribution in [0.25, 0.3) is 0 Å². The molecule has 0 saturated heterocycles. The van der Waals surface area contributed by atoms with Gasteiger partial charge in [0.05, 0.1) is 22.6 Å². The van der Waals surface area contributed by atoms with Gasteiger partial charge in [-0.15, -0.1) is 0 Å². The van der Waals surface area contributed by atoms with Crippen LogP contribution >= 0.6 is 12.2 Å². The van der Waals surface area contributed by atoms with Gasteiger partial charge in [-0.1, -0.05) is 30.4 Å². The predicted molar refractivity (Wildman–Crippen MR) is 77.4 cm³/mol. The lowest BCUT2D eigenvalue weighted by atomic mass is 10.3. The first-order valence-corrected chi connectivity index (χ1v) is 5.83. The maximum atomic E-state index is 5.63. The van der Waals surface area contributed by atoms with E-state index in [0.717, 1.165) is 17.1 Å². The largest absolute Gasteiger partial charge is 0.276 e. The molecule has 0 aromatic heterocycles. The summed E-state index contributed by atoms with van der Waals surface area (Å²) in [7, 11) is 0. The fourth-order valence-electron chi connectivity index (χ4n) is 1.36. The Hall–Kier alpha value is -2.11. The van der Waals surface area contributed by atoms with Gasteiger partial charge in [0, 0.05) is 0 Å². The first-order valence-electron chi connectivity index (χ1n) is 5.35. The highest BCUT2D eigenvalue weighted by atomic mass is 32.1. The SMILES string of the molecule is NN(C=S)c1ccc(N=Nc2ccccc2)cc1. The number of azo groups is 1. The highest BCUT2D eigenvalue weighted by molar-refractivity contribution is 7.79. The topological polar surface area (TPSA) is 54.0 Å². The van der Waals surface area contributed by atoms with Crippen molar-refractivity contribution in [1.29, 1.82) is 0 Å². The van der Waals surface area contributed by atoms with Gasteiger partial charge in [-0.2, -0.15) is 10.2 Å². The van der Waals surface area contributed by atoms with Gasteiger partial charge in [0.2, 0.25) is 0 Å². The molecule has 5 heteroatoms. The maximum Gasteiger partial charge on any atom is 0.0858 e. The highest BCUT2D eigenvalue weighted by Crippen LogP contribution is 2.20. The van der Waals surface area contributed by atoms with Crippen LogP contribution in [0.1, 0.15) is 0 Å². The van der Waals surface area contributed by atoms with E-state index in [1.807, 2.05) is 54.6 Å². The minimum Gasteiger partial charge on any atom is -0.276 e. The second-order valence-corrected chi connectivity index (χ2v) is 3.78. The minimum atomic E-state index is 0.764. The van der Waals surface area contributed by atoms with Crippen LogP contribution in [0.5, 0.6) is 0 Å². The zero-order valence-electron chi connectivity index (χ0n) is 9.60. The van der Waals surface area contributed by atoms with Crippen LogP contribution in [0.4, 0.5) is 17.1 Å². The average Bonchev–Trinajstić information content (AvgIpc) is 2.46. The number of hydrogen-bond acceptors (Lipinski definition) is 4. The first kappa shape index (κ1) is 12.3. The van der Waals surface area contributed by atoms with Gasteiger partial charge in [0.1, 0.15) is 0 Å². The number of thiocarbonyl (C=S) groups is 1. The van der Waals surface area contributed by atoms with Gasteiger partial charge in [-0.05, 0) is 36.4 Å². The Balaban J connectivity index is 2.11. The monoisotopic (exact) mass is 256 g/mol. The highest BCUT2D eigenvalue weighted by Gasteiger charge is 1.97. The Kier molecular flexibility index (Phi) is 4.11. The van der Waals surface area contributed by atoms with E-state index in [-0.39, 0.29) is 0 Å². The standard InChI is InChI=1S/C13H12N4S/c14-17(10-18)13-8-6-12(7-9-13)16-15-11-4-2-1-3-5-11/h1-10H,14H2.